The lowest BCUT2D eigenvalue weighted by Gasteiger charge is -2.42. The molecule has 0 atom stereocenters. The molecule has 200 valence electrons. The third-order valence-electron chi connectivity index (χ3n) is 6.50. The van der Waals surface area contributed by atoms with E-state index < -0.39 is 35.0 Å². The highest BCUT2D eigenvalue weighted by Gasteiger charge is 2.36. The Morgan fingerprint density at radius 1 is 1.13 bits per heavy atom. The van der Waals surface area contributed by atoms with Gasteiger partial charge in [0.15, 0.2) is 17.3 Å². The first-order valence-electron chi connectivity index (χ1n) is 11.7. The second-order valence-corrected chi connectivity index (χ2v) is 8.76. The van der Waals surface area contributed by atoms with E-state index in [9.17, 15) is 27.9 Å². The fourth-order valence-corrected chi connectivity index (χ4v) is 4.40. The van der Waals surface area contributed by atoms with Crippen LogP contribution in [-0.2, 0) is 6.18 Å². The van der Waals surface area contributed by atoms with E-state index >= 15 is 0 Å². The van der Waals surface area contributed by atoms with Crippen LogP contribution in [0.5, 0.6) is 0 Å². The molecule has 2 amide bonds. The number of anilines is 3. The molecular formula is C24H25F3N8O3. The second kappa shape index (κ2) is 10.5. The number of carboxylic acid groups (broad SMARTS) is 1. The molecule has 0 spiro atoms. The van der Waals surface area contributed by atoms with Crippen LogP contribution in [-0.4, -0.2) is 55.7 Å². The van der Waals surface area contributed by atoms with Crippen molar-refractivity contribution in [3.63, 3.8) is 0 Å². The van der Waals surface area contributed by atoms with E-state index in [0.29, 0.717) is 38.0 Å². The minimum Gasteiger partial charge on any atom is -0.465 e. The molecule has 0 unspecified atom stereocenters. The number of piperidine rings is 1. The second-order valence-electron chi connectivity index (χ2n) is 8.76. The molecule has 0 bridgehead atoms. The predicted octanol–water partition coefficient (Wildman–Crippen LogP) is 3.80. The number of nitrogens with one attached hydrogen (secondary N) is 2. The molecule has 3 aromatic heterocycles. The monoisotopic (exact) mass is 530 g/mol. The van der Waals surface area contributed by atoms with Crippen LogP contribution >= 0.6 is 0 Å². The molecule has 0 aromatic carbocycles. The number of nitrogens with two attached hydrogens (primary N) is 1. The number of aromatic nitrogens is 4. The fourth-order valence-electron chi connectivity index (χ4n) is 4.40. The zero-order valence-electron chi connectivity index (χ0n) is 20.3. The van der Waals surface area contributed by atoms with Crippen LogP contribution in [0, 0.1) is 0 Å². The van der Waals surface area contributed by atoms with Gasteiger partial charge in [-0.3, -0.25) is 9.78 Å². The number of alkyl halides is 3. The lowest BCUT2D eigenvalue weighted by Crippen LogP contribution is -2.54. The average molecular weight is 531 g/mol. The summed E-state index contributed by atoms with van der Waals surface area (Å²) in [4.78, 5) is 42.3. The van der Waals surface area contributed by atoms with Crippen LogP contribution < -0.4 is 21.3 Å². The van der Waals surface area contributed by atoms with E-state index in [4.69, 9.17) is 5.73 Å². The summed E-state index contributed by atoms with van der Waals surface area (Å²) in [6, 6.07) is 5.45. The molecular weight excluding hydrogens is 505 g/mol. The van der Waals surface area contributed by atoms with Gasteiger partial charge in [0.2, 0.25) is 0 Å². The first-order valence-corrected chi connectivity index (χ1v) is 11.7. The van der Waals surface area contributed by atoms with Gasteiger partial charge in [0.25, 0.3) is 5.91 Å². The Bertz CT molecular complexity index is 1340. The Kier molecular flexibility index (Phi) is 7.32. The fraction of sp³-hybridized carbons (Fsp3) is 0.333. The van der Waals surface area contributed by atoms with Gasteiger partial charge in [-0.1, -0.05) is 6.92 Å². The van der Waals surface area contributed by atoms with Crippen LogP contribution in [0.2, 0.25) is 0 Å². The SMILES string of the molecule is CCC1(NC(=O)O)CCN(c2cccnc2NC(=O)c2nc(-c3ncccc3C(F)(F)F)cnc2N)CC1. The molecule has 0 radical (unpaired) electrons. The van der Waals surface area contributed by atoms with E-state index in [-0.39, 0.29) is 23.0 Å². The van der Waals surface area contributed by atoms with Crippen molar-refractivity contribution in [3.05, 3.63) is 54.1 Å². The van der Waals surface area contributed by atoms with Gasteiger partial charge in [-0.05, 0) is 43.5 Å². The van der Waals surface area contributed by atoms with Gasteiger partial charge in [0.05, 0.1) is 17.4 Å². The first kappa shape index (κ1) is 26.6. The lowest BCUT2D eigenvalue weighted by atomic mass is 9.85. The normalized spacial score (nSPS) is 15.1. The summed E-state index contributed by atoms with van der Waals surface area (Å²) in [5.41, 5.74) is 3.74. The van der Waals surface area contributed by atoms with Crippen molar-refractivity contribution in [2.75, 3.05) is 29.0 Å². The van der Waals surface area contributed by atoms with Gasteiger partial charge < -0.3 is 26.4 Å². The van der Waals surface area contributed by atoms with Gasteiger partial charge >= 0.3 is 12.3 Å². The molecule has 14 heteroatoms. The molecule has 38 heavy (non-hydrogen) atoms. The summed E-state index contributed by atoms with van der Waals surface area (Å²) in [6.07, 6.45) is -0.376. The Labute approximate surface area is 215 Å². The van der Waals surface area contributed by atoms with Crippen molar-refractivity contribution >= 4 is 29.3 Å². The van der Waals surface area contributed by atoms with E-state index in [0.717, 1.165) is 18.3 Å². The number of nitrogens with zero attached hydrogens (tertiary/aromatic N) is 5. The van der Waals surface area contributed by atoms with Crippen LogP contribution in [0.3, 0.4) is 0 Å². The maximum atomic E-state index is 13.5. The number of rotatable bonds is 6. The minimum atomic E-state index is -4.69. The van der Waals surface area contributed by atoms with Crippen molar-refractivity contribution < 1.29 is 27.9 Å². The van der Waals surface area contributed by atoms with Crippen molar-refractivity contribution in [3.8, 4) is 11.4 Å². The van der Waals surface area contributed by atoms with E-state index in [2.05, 4.69) is 30.6 Å². The van der Waals surface area contributed by atoms with Gasteiger partial charge in [0, 0.05) is 31.0 Å². The number of hydrogen-bond donors (Lipinski definition) is 4. The first-order chi connectivity index (χ1) is 18.0. The van der Waals surface area contributed by atoms with Crippen molar-refractivity contribution in [1.82, 2.24) is 25.3 Å². The third kappa shape index (κ3) is 5.58. The van der Waals surface area contributed by atoms with Crippen molar-refractivity contribution in [1.29, 1.82) is 0 Å². The molecule has 4 rings (SSSR count). The van der Waals surface area contributed by atoms with Gasteiger partial charge in [-0.25, -0.2) is 19.7 Å². The highest BCUT2D eigenvalue weighted by Crippen LogP contribution is 2.35. The molecule has 1 aliphatic heterocycles. The van der Waals surface area contributed by atoms with Crippen LogP contribution in [0.15, 0.2) is 42.9 Å². The zero-order valence-corrected chi connectivity index (χ0v) is 20.3. The molecule has 1 aliphatic rings. The van der Waals surface area contributed by atoms with Gasteiger partial charge in [-0.2, -0.15) is 13.2 Å². The quantitative estimate of drug-likeness (QED) is 0.372. The van der Waals surface area contributed by atoms with E-state index in [1.54, 1.807) is 12.1 Å². The summed E-state index contributed by atoms with van der Waals surface area (Å²) >= 11 is 0. The zero-order chi connectivity index (χ0) is 27.5. The Hall–Kier alpha value is -4.49. The molecule has 0 saturated carbocycles. The molecule has 1 saturated heterocycles. The van der Waals surface area contributed by atoms with Gasteiger partial charge in [-0.15, -0.1) is 0 Å². The Morgan fingerprint density at radius 2 is 1.82 bits per heavy atom. The van der Waals surface area contributed by atoms with Crippen molar-refractivity contribution in [2.24, 2.45) is 0 Å². The van der Waals surface area contributed by atoms with E-state index in [1.807, 2.05) is 11.8 Å². The number of halogens is 3. The summed E-state index contributed by atoms with van der Waals surface area (Å²) in [5, 5.41) is 14.5. The van der Waals surface area contributed by atoms with Crippen molar-refractivity contribution in [2.45, 2.75) is 37.9 Å². The number of carbonyl (C=O) groups is 2. The third-order valence-corrected chi connectivity index (χ3v) is 6.50. The lowest BCUT2D eigenvalue weighted by molar-refractivity contribution is -0.137. The largest absolute Gasteiger partial charge is 0.465 e. The highest BCUT2D eigenvalue weighted by molar-refractivity contribution is 6.06. The van der Waals surface area contributed by atoms with Crippen LogP contribution in [0.1, 0.15) is 42.2 Å². The standard InChI is InChI=1S/C24H25F3N8O3/c1-2-23(34-22(37)38)7-11-35(12-8-23)16-6-4-10-30-20(16)33-21(36)18-19(28)31-13-15(32-18)17-14(24(25,26)27)5-3-9-29-17/h3-6,9-10,13,34H,2,7-8,11-12H2,1H3,(H2,28,31)(H,37,38)(H,30,33,36). The topological polar surface area (TPSA) is 159 Å². The summed E-state index contributed by atoms with van der Waals surface area (Å²) < 4.78 is 40.4. The number of amides is 2. The highest BCUT2D eigenvalue weighted by atomic mass is 19.4. The molecule has 5 N–H and O–H groups in total. The maximum absolute atomic E-state index is 13.5. The Balaban J connectivity index is 1.58. The van der Waals surface area contributed by atoms with Crippen LogP contribution in [0.25, 0.3) is 11.4 Å². The predicted molar refractivity (Wildman–Crippen MR) is 132 cm³/mol. The van der Waals surface area contributed by atoms with Crippen LogP contribution in [0.4, 0.5) is 35.3 Å². The maximum Gasteiger partial charge on any atom is 0.418 e. The van der Waals surface area contributed by atoms with Gasteiger partial charge in [0.1, 0.15) is 11.4 Å². The summed E-state index contributed by atoms with van der Waals surface area (Å²) in [5.74, 6) is -0.902. The molecule has 3 aromatic rings. The smallest absolute Gasteiger partial charge is 0.418 e. The Morgan fingerprint density at radius 3 is 2.47 bits per heavy atom. The molecule has 1 fully saturated rings. The molecule has 11 nitrogen and oxygen atoms in total. The number of pyridine rings is 2. The summed E-state index contributed by atoms with van der Waals surface area (Å²) in [6.45, 7) is 2.92. The molecule has 4 heterocycles. The molecule has 0 aliphatic carbocycles. The number of nitrogen functional groups attached to an aromatic ring is 1. The minimum absolute atomic E-state index is 0.188. The van der Waals surface area contributed by atoms with E-state index in [1.165, 1.54) is 12.4 Å². The number of hydrogen-bond acceptors (Lipinski definition) is 8. The number of carbonyl (C=O) groups excluding carboxylic acids is 1. The summed E-state index contributed by atoms with van der Waals surface area (Å²) in [7, 11) is 0. The average Bonchev–Trinajstić information content (AvgIpc) is 2.89.